The second-order valence-electron chi connectivity index (χ2n) is 5.98. The molecule has 1 heterocycles. The van der Waals surface area contributed by atoms with Crippen LogP contribution in [0, 0.1) is 5.82 Å². The maximum absolute atomic E-state index is 13.6. The lowest BCUT2D eigenvalue weighted by Crippen LogP contribution is -2.01. The first-order chi connectivity index (χ1) is 11.0. The number of carbonyl (C=O) groups is 1. The fraction of sp³-hybridized carbons (Fsp3) is 0.211. The van der Waals surface area contributed by atoms with Crippen molar-refractivity contribution in [1.82, 2.24) is 4.98 Å². The van der Waals surface area contributed by atoms with Crippen molar-refractivity contribution in [2.75, 3.05) is 0 Å². The SMILES string of the molecule is CC(C)c1cccc2c(CC(=O)O)c(-c3cccc(F)c3)[nH]c12. The molecule has 0 saturated carbocycles. The van der Waals surface area contributed by atoms with E-state index in [1.807, 2.05) is 18.2 Å². The standard InChI is InChI=1S/C19H18FNO2/c1-11(2)14-7-4-8-15-16(10-17(22)23)18(21-19(14)15)12-5-3-6-13(20)9-12/h3-9,11,21H,10H2,1-2H3,(H,22,23). The van der Waals surface area contributed by atoms with Gasteiger partial charge in [0.1, 0.15) is 5.82 Å². The number of aromatic nitrogens is 1. The predicted molar refractivity (Wildman–Crippen MR) is 89.1 cm³/mol. The van der Waals surface area contributed by atoms with Crippen LogP contribution < -0.4 is 0 Å². The number of aromatic amines is 1. The van der Waals surface area contributed by atoms with Crippen LogP contribution in [-0.2, 0) is 11.2 Å². The summed E-state index contributed by atoms with van der Waals surface area (Å²) in [4.78, 5) is 14.6. The highest BCUT2D eigenvalue weighted by atomic mass is 19.1. The van der Waals surface area contributed by atoms with Gasteiger partial charge in [-0.2, -0.15) is 0 Å². The Morgan fingerprint density at radius 2 is 1.96 bits per heavy atom. The summed E-state index contributed by atoms with van der Waals surface area (Å²) in [5.41, 5.74) is 4.08. The molecule has 3 rings (SSSR count). The summed E-state index contributed by atoms with van der Waals surface area (Å²) in [5.74, 6) is -0.944. The minimum absolute atomic E-state index is 0.104. The molecule has 3 nitrogen and oxygen atoms in total. The van der Waals surface area contributed by atoms with Crippen LogP contribution in [-0.4, -0.2) is 16.1 Å². The number of H-pyrrole nitrogens is 1. The van der Waals surface area contributed by atoms with Gasteiger partial charge in [0.2, 0.25) is 0 Å². The minimum atomic E-state index is -0.904. The van der Waals surface area contributed by atoms with Crippen molar-refractivity contribution in [3.63, 3.8) is 0 Å². The maximum atomic E-state index is 13.6. The Balaban J connectivity index is 2.31. The molecule has 3 aromatic rings. The molecule has 2 N–H and O–H groups in total. The van der Waals surface area contributed by atoms with Crippen LogP contribution in [0.2, 0.25) is 0 Å². The molecule has 0 atom stereocenters. The highest BCUT2D eigenvalue weighted by molar-refractivity contribution is 5.95. The van der Waals surface area contributed by atoms with Crippen molar-refractivity contribution >= 4 is 16.9 Å². The predicted octanol–water partition coefficient (Wildman–Crippen LogP) is 4.72. The number of fused-ring (bicyclic) bond motifs is 1. The van der Waals surface area contributed by atoms with Crippen LogP contribution in [0.4, 0.5) is 4.39 Å². The van der Waals surface area contributed by atoms with E-state index in [4.69, 9.17) is 0 Å². The number of rotatable bonds is 4. The fourth-order valence-corrected chi connectivity index (χ4v) is 3.00. The lowest BCUT2D eigenvalue weighted by molar-refractivity contribution is -0.136. The molecular weight excluding hydrogens is 293 g/mol. The van der Waals surface area contributed by atoms with Crippen LogP contribution >= 0.6 is 0 Å². The number of carboxylic acids is 1. The fourth-order valence-electron chi connectivity index (χ4n) is 3.00. The van der Waals surface area contributed by atoms with Gasteiger partial charge in [0, 0.05) is 16.5 Å². The van der Waals surface area contributed by atoms with E-state index in [9.17, 15) is 14.3 Å². The average Bonchev–Trinajstić information content (AvgIpc) is 2.85. The maximum Gasteiger partial charge on any atom is 0.307 e. The summed E-state index contributed by atoms with van der Waals surface area (Å²) in [7, 11) is 0. The molecule has 0 unspecified atom stereocenters. The molecule has 23 heavy (non-hydrogen) atoms. The summed E-state index contributed by atoms with van der Waals surface area (Å²) >= 11 is 0. The van der Waals surface area contributed by atoms with Crippen LogP contribution in [0.1, 0.15) is 30.9 Å². The van der Waals surface area contributed by atoms with E-state index >= 15 is 0 Å². The molecule has 0 fully saturated rings. The lowest BCUT2D eigenvalue weighted by atomic mass is 9.98. The Labute approximate surface area is 133 Å². The highest BCUT2D eigenvalue weighted by Gasteiger charge is 2.18. The zero-order chi connectivity index (χ0) is 16.6. The van der Waals surface area contributed by atoms with Crippen LogP contribution in [0.15, 0.2) is 42.5 Å². The van der Waals surface area contributed by atoms with Gasteiger partial charge < -0.3 is 10.1 Å². The smallest absolute Gasteiger partial charge is 0.307 e. The van der Waals surface area contributed by atoms with E-state index in [0.29, 0.717) is 22.7 Å². The molecule has 118 valence electrons. The summed E-state index contributed by atoms with van der Waals surface area (Å²) in [6.45, 7) is 4.18. The van der Waals surface area contributed by atoms with Gasteiger partial charge in [-0.15, -0.1) is 0 Å². The molecule has 2 aromatic carbocycles. The summed E-state index contributed by atoms with van der Waals surface area (Å²) in [5, 5.41) is 10.1. The largest absolute Gasteiger partial charge is 0.481 e. The molecule has 4 heteroatoms. The van der Waals surface area contributed by atoms with E-state index in [0.717, 1.165) is 16.5 Å². The van der Waals surface area contributed by atoms with Crippen molar-refractivity contribution in [2.24, 2.45) is 0 Å². The third-order valence-corrected chi connectivity index (χ3v) is 4.04. The zero-order valence-corrected chi connectivity index (χ0v) is 13.1. The summed E-state index contributed by atoms with van der Waals surface area (Å²) in [6.07, 6.45) is -0.104. The molecule has 0 radical (unpaired) electrons. The average molecular weight is 311 g/mol. The number of hydrogen-bond donors (Lipinski definition) is 2. The quantitative estimate of drug-likeness (QED) is 0.732. The molecule has 0 bridgehead atoms. The van der Waals surface area contributed by atoms with Crippen molar-refractivity contribution in [3.8, 4) is 11.3 Å². The van der Waals surface area contributed by atoms with Gasteiger partial charge in [-0.1, -0.05) is 44.2 Å². The second-order valence-corrected chi connectivity index (χ2v) is 5.98. The number of benzene rings is 2. The van der Waals surface area contributed by atoms with Crippen molar-refractivity contribution in [1.29, 1.82) is 0 Å². The van der Waals surface area contributed by atoms with Gasteiger partial charge in [-0.3, -0.25) is 4.79 Å². The molecule has 0 amide bonds. The second kappa shape index (κ2) is 5.88. The Kier molecular flexibility index (Phi) is 3.90. The third kappa shape index (κ3) is 2.84. The number of hydrogen-bond acceptors (Lipinski definition) is 1. The van der Waals surface area contributed by atoms with E-state index in [1.54, 1.807) is 12.1 Å². The minimum Gasteiger partial charge on any atom is -0.481 e. The van der Waals surface area contributed by atoms with Gasteiger partial charge >= 0.3 is 5.97 Å². The number of para-hydroxylation sites is 1. The van der Waals surface area contributed by atoms with Crippen molar-refractivity contribution < 1.29 is 14.3 Å². The summed E-state index contributed by atoms with van der Waals surface area (Å²) < 4.78 is 13.6. The number of aliphatic carboxylic acids is 1. The van der Waals surface area contributed by atoms with Crippen LogP contribution in [0.25, 0.3) is 22.2 Å². The third-order valence-electron chi connectivity index (χ3n) is 4.04. The number of halogens is 1. The normalized spacial score (nSPS) is 11.3. The molecular formula is C19H18FNO2. The lowest BCUT2D eigenvalue weighted by Gasteiger charge is -2.06. The van der Waals surface area contributed by atoms with E-state index in [2.05, 4.69) is 18.8 Å². The first-order valence-corrected chi connectivity index (χ1v) is 7.58. The van der Waals surface area contributed by atoms with Gasteiger partial charge in [0.15, 0.2) is 0 Å². The van der Waals surface area contributed by atoms with Crippen LogP contribution in [0.5, 0.6) is 0 Å². The van der Waals surface area contributed by atoms with Crippen molar-refractivity contribution in [2.45, 2.75) is 26.2 Å². The molecule has 0 saturated heterocycles. The van der Waals surface area contributed by atoms with Gasteiger partial charge in [-0.25, -0.2) is 4.39 Å². The summed E-state index contributed by atoms with van der Waals surface area (Å²) in [6, 6.07) is 12.1. The molecule has 0 spiro atoms. The van der Waals surface area contributed by atoms with Crippen LogP contribution in [0.3, 0.4) is 0 Å². The highest BCUT2D eigenvalue weighted by Crippen LogP contribution is 2.34. The molecule has 1 aromatic heterocycles. The number of carboxylic acid groups (broad SMARTS) is 1. The molecule has 0 aliphatic rings. The van der Waals surface area contributed by atoms with E-state index < -0.39 is 5.97 Å². The molecule has 0 aliphatic heterocycles. The Morgan fingerprint density at radius 1 is 1.22 bits per heavy atom. The Hall–Kier alpha value is -2.62. The first kappa shape index (κ1) is 15.3. The zero-order valence-electron chi connectivity index (χ0n) is 13.1. The van der Waals surface area contributed by atoms with Gasteiger partial charge in [0.05, 0.1) is 12.1 Å². The Bertz CT molecular complexity index is 880. The monoisotopic (exact) mass is 311 g/mol. The Morgan fingerprint density at radius 3 is 2.61 bits per heavy atom. The van der Waals surface area contributed by atoms with Crippen molar-refractivity contribution in [3.05, 3.63) is 59.4 Å². The topological polar surface area (TPSA) is 53.1 Å². The number of nitrogens with one attached hydrogen (secondary N) is 1. The first-order valence-electron chi connectivity index (χ1n) is 7.58. The molecule has 0 aliphatic carbocycles. The van der Waals surface area contributed by atoms with E-state index in [1.165, 1.54) is 12.1 Å². The van der Waals surface area contributed by atoms with Gasteiger partial charge in [0.25, 0.3) is 0 Å². The van der Waals surface area contributed by atoms with E-state index in [-0.39, 0.29) is 12.2 Å². The van der Waals surface area contributed by atoms with Gasteiger partial charge in [-0.05, 0) is 29.2 Å².